The van der Waals surface area contributed by atoms with Crippen LogP contribution in [0.2, 0.25) is 0 Å². The van der Waals surface area contributed by atoms with Crippen molar-refractivity contribution in [1.29, 1.82) is 0 Å². The van der Waals surface area contributed by atoms with Crippen molar-refractivity contribution in [2.75, 3.05) is 13.2 Å². The number of halogens is 1. The fourth-order valence-electron chi connectivity index (χ4n) is 3.52. The van der Waals surface area contributed by atoms with Crippen LogP contribution in [0.3, 0.4) is 0 Å². The number of alkyl halides is 1. The molecule has 0 radical (unpaired) electrons. The summed E-state index contributed by atoms with van der Waals surface area (Å²) < 4.78 is 5.46. The fourth-order valence-corrected chi connectivity index (χ4v) is 4.22. The molecule has 0 aromatic rings. The van der Waals surface area contributed by atoms with Gasteiger partial charge in [-0.2, -0.15) is 0 Å². The predicted octanol–water partition coefficient (Wildman–Crippen LogP) is 4.64. The van der Waals surface area contributed by atoms with E-state index in [9.17, 15) is 0 Å². The van der Waals surface area contributed by atoms with Crippen LogP contribution in [-0.2, 0) is 4.74 Å². The summed E-state index contributed by atoms with van der Waals surface area (Å²) in [5.41, 5.74) is 0. The molecule has 3 unspecified atom stereocenters. The van der Waals surface area contributed by atoms with Gasteiger partial charge >= 0.3 is 0 Å². The molecule has 17 heavy (non-hydrogen) atoms. The Morgan fingerprint density at radius 2 is 1.82 bits per heavy atom. The maximum absolute atomic E-state index is 5.46. The van der Waals surface area contributed by atoms with Crippen molar-refractivity contribution < 1.29 is 4.74 Å². The second-order valence-electron chi connectivity index (χ2n) is 6.38. The largest absolute Gasteiger partial charge is 0.381 e. The lowest BCUT2D eigenvalue weighted by molar-refractivity contribution is 0.0538. The summed E-state index contributed by atoms with van der Waals surface area (Å²) in [6.45, 7) is 6.78. The van der Waals surface area contributed by atoms with Crippen molar-refractivity contribution in [3.05, 3.63) is 0 Å². The van der Waals surface area contributed by atoms with Crippen molar-refractivity contribution >= 4 is 15.9 Å². The molecule has 1 saturated heterocycles. The first-order valence-electron chi connectivity index (χ1n) is 7.38. The van der Waals surface area contributed by atoms with E-state index in [-0.39, 0.29) is 0 Å². The minimum absolute atomic E-state index is 0.778. The van der Waals surface area contributed by atoms with Gasteiger partial charge < -0.3 is 4.74 Å². The normalized spacial score (nSPS) is 36.4. The highest BCUT2D eigenvalue weighted by Gasteiger charge is 2.32. The molecule has 2 aliphatic rings. The van der Waals surface area contributed by atoms with E-state index < -0.39 is 0 Å². The lowest BCUT2D eigenvalue weighted by Crippen LogP contribution is -2.30. The monoisotopic (exact) mass is 302 g/mol. The molecule has 1 nitrogen and oxygen atoms in total. The smallest absolute Gasteiger partial charge is 0.0468 e. The minimum Gasteiger partial charge on any atom is -0.381 e. The van der Waals surface area contributed by atoms with E-state index in [4.69, 9.17) is 4.74 Å². The first-order chi connectivity index (χ1) is 8.16. The number of ether oxygens (including phenoxy) is 1. The molecule has 3 atom stereocenters. The molecule has 1 aliphatic heterocycles. The van der Waals surface area contributed by atoms with Crippen LogP contribution in [0.1, 0.15) is 52.4 Å². The molecule has 0 aromatic carbocycles. The first-order valence-corrected chi connectivity index (χ1v) is 8.30. The summed E-state index contributed by atoms with van der Waals surface area (Å²) in [5, 5.41) is 0. The third-order valence-electron chi connectivity index (χ3n) is 4.85. The SMILES string of the molecule is CC(C)C1CCC(Br)C(CC2CCOCC2)C1. The van der Waals surface area contributed by atoms with Crippen LogP contribution < -0.4 is 0 Å². The van der Waals surface area contributed by atoms with Crippen LogP contribution in [-0.4, -0.2) is 18.0 Å². The Kier molecular flexibility index (Phi) is 5.35. The summed E-state index contributed by atoms with van der Waals surface area (Å²) in [7, 11) is 0. The Morgan fingerprint density at radius 1 is 1.12 bits per heavy atom. The molecule has 1 saturated carbocycles. The summed E-state index contributed by atoms with van der Waals surface area (Å²) >= 11 is 3.93. The van der Waals surface area contributed by atoms with Gasteiger partial charge in [0.05, 0.1) is 0 Å². The maximum atomic E-state index is 5.46. The average Bonchev–Trinajstić information content (AvgIpc) is 2.33. The van der Waals surface area contributed by atoms with Crippen LogP contribution in [0.5, 0.6) is 0 Å². The molecular weight excluding hydrogens is 276 g/mol. The molecule has 100 valence electrons. The maximum Gasteiger partial charge on any atom is 0.0468 e. The lowest BCUT2D eigenvalue weighted by Gasteiger charge is -2.37. The third kappa shape index (κ3) is 3.96. The zero-order valence-electron chi connectivity index (χ0n) is 11.3. The topological polar surface area (TPSA) is 9.23 Å². The Labute approximate surface area is 115 Å². The van der Waals surface area contributed by atoms with Gasteiger partial charge in [0, 0.05) is 18.0 Å². The van der Waals surface area contributed by atoms with Gasteiger partial charge in [-0.05, 0) is 62.2 Å². The van der Waals surface area contributed by atoms with E-state index in [1.165, 1.54) is 38.5 Å². The van der Waals surface area contributed by atoms with E-state index in [2.05, 4.69) is 29.8 Å². The number of rotatable bonds is 3. The highest BCUT2D eigenvalue weighted by Crippen LogP contribution is 2.41. The predicted molar refractivity (Wildman–Crippen MR) is 76.5 cm³/mol. The van der Waals surface area contributed by atoms with Gasteiger partial charge in [-0.25, -0.2) is 0 Å². The van der Waals surface area contributed by atoms with Gasteiger partial charge in [0.2, 0.25) is 0 Å². The van der Waals surface area contributed by atoms with E-state index in [1.54, 1.807) is 0 Å². The molecule has 0 bridgehead atoms. The number of hydrogen-bond acceptors (Lipinski definition) is 1. The van der Waals surface area contributed by atoms with Gasteiger partial charge in [0.15, 0.2) is 0 Å². The highest BCUT2D eigenvalue weighted by atomic mass is 79.9. The van der Waals surface area contributed by atoms with E-state index in [0.29, 0.717) is 0 Å². The quantitative estimate of drug-likeness (QED) is 0.690. The average molecular weight is 303 g/mol. The molecule has 1 aliphatic carbocycles. The molecule has 0 spiro atoms. The summed E-state index contributed by atoms with van der Waals surface area (Å²) in [4.78, 5) is 0.778. The molecule has 0 N–H and O–H groups in total. The standard InChI is InChI=1S/C15H27BrO/c1-11(2)13-3-4-15(16)14(10-13)9-12-5-7-17-8-6-12/h11-15H,3-10H2,1-2H3. The van der Waals surface area contributed by atoms with Gasteiger partial charge in [0.25, 0.3) is 0 Å². The third-order valence-corrected chi connectivity index (χ3v) is 6.06. The molecule has 0 aromatic heterocycles. The van der Waals surface area contributed by atoms with Crippen molar-refractivity contribution in [2.45, 2.75) is 57.2 Å². The zero-order chi connectivity index (χ0) is 12.3. The summed E-state index contributed by atoms with van der Waals surface area (Å²) in [6.07, 6.45) is 8.28. The van der Waals surface area contributed by atoms with E-state index >= 15 is 0 Å². The summed E-state index contributed by atoms with van der Waals surface area (Å²) in [6, 6.07) is 0. The molecule has 2 heteroatoms. The molecule has 2 rings (SSSR count). The van der Waals surface area contributed by atoms with Gasteiger partial charge in [-0.3, -0.25) is 0 Å². The second kappa shape index (κ2) is 6.56. The molecule has 0 amide bonds. The van der Waals surface area contributed by atoms with Crippen LogP contribution in [0.4, 0.5) is 0 Å². The van der Waals surface area contributed by atoms with Gasteiger partial charge in [-0.1, -0.05) is 29.8 Å². The van der Waals surface area contributed by atoms with Crippen LogP contribution >= 0.6 is 15.9 Å². The van der Waals surface area contributed by atoms with Gasteiger partial charge in [0.1, 0.15) is 0 Å². The Morgan fingerprint density at radius 3 is 2.47 bits per heavy atom. The van der Waals surface area contributed by atoms with Crippen molar-refractivity contribution in [1.82, 2.24) is 0 Å². The second-order valence-corrected chi connectivity index (χ2v) is 7.56. The van der Waals surface area contributed by atoms with Gasteiger partial charge in [-0.15, -0.1) is 0 Å². The van der Waals surface area contributed by atoms with Crippen molar-refractivity contribution in [3.8, 4) is 0 Å². The van der Waals surface area contributed by atoms with Crippen molar-refractivity contribution in [3.63, 3.8) is 0 Å². The van der Waals surface area contributed by atoms with Crippen LogP contribution in [0, 0.1) is 23.7 Å². The molecule has 2 fully saturated rings. The highest BCUT2D eigenvalue weighted by molar-refractivity contribution is 9.09. The fraction of sp³-hybridized carbons (Fsp3) is 1.00. The van der Waals surface area contributed by atoms with E-state index in [0.717, 1.165) is 41.7 Å². The van der Waals surface area contributed by atoms with Crippen LogP contribution in [0.15, 0.2) is 0 Å². The molecule has 1 heterocycles. The first kappa shape index (κ1) is 13.9. The number of hydrogen-bond donors (Lipinski definition) is 0. The minimum atomic E-state index is 0.778. The lowest BCUT2D eigenvalue weighted by atomic mass is 9.72. The molecular formula is C15H27BrO. The Balaban J connectivity index is 1.84. The van der Waals surface area contributed by atoms with E-state index in [1.807, 2.05) is 0 Å². The van der Waals surface area contributed by atoms with Crippen molar-refractivity contribution in [2.24, 2.45) is 23.7 Å². The summed E-state index contributed by atoms with van der Waals surface area (Å²) in [5.74, 6) is 3.68. The Hall–Kier alpha value is 0.440. The zero-order valence-corrected chi connectivity index (χ0v) is 12.9. The van der Waals surface area contributed by atoms with Crippen LogP contribution in [0.25, 0.3) is 0 Å². The Bertz CT molecular complexity index is 223.